The average Bonchev–Trinajstić information content (AvgIpc) is 2.37. The van der Waals surface area contributed by atoms with Gasteiger partial charge in [-0.2, -0.15) is 0 Å². The summed E-state index contributed by atoms with van der Waals surface area (Å²) < 4.78 is 10.5. The maximum absolute atomic E-state index is 10.9. The highest BCUT2D eigenvalue weighted by molar-refractivity contribution is 6.33. The first-order valence-corrected chi connectivity index (χ1v) is 5.42. The van der Waals surface area contributed by atoms with E-state index >= 15 is 0 Å². The van der Waals surface area contributed by atoms with E-state index < -0.39 is 12.1 Å². The third kappa shape index (κ3) is 2.00. The van der Waals surface area contributed by atoms with E-state index in [1.54, 1.807) is 0 Å². The molecule has 0 amide bonds. The quantitative estimate of drug-likeness (QED) is 0.799. The molecule has 1 aromatic rings. The molecule has 2 N–H and O–H groups in total. The zero-order valence-corrected chi connectivity index (χ0v) is 9.81. The number of carboxylic acid groups (broad SMARTS) is 1. The molecule has 96 valence electrons. The fourth-order valence-electron chi connectivity index (χ4n) is 1.67. The Labute approximate surface area is 107 Å². The maximum atomic E-state index is 10.9. The third-order valence-corrected chi connectivity index (χ3v) is 2.79. The molecule has 0 fully saturated rings. The molecular weight excluding hydrogens is 264 g/mol. The molecule has 0 saturated carbocycles. The van der Waals surface area contributed by atoms with Crippen LogP contribution >= 0.6 is 11.6 Å². The number of aldehydes is 1. The first kappa shape index (κ1) is 12.7. The van der Waals surface area contributed by atoms with Gasteiger partial charge in [0.05, 0.1) is 10.6 Å². The number of ether oxygens (including phenoxy) is 2. The predicted molar refractivity (Wildman–Crippen MR) is 60.4 cm³/mol. The Hall–Kier alpha value is -1.79. The number of fused-ring (bicyclic) bond motifs is 1. The van der Waals surface area contributed by atoms with Gasteiger partial charge >= 0.3 is 5.97 Å². The number of halogens is 1. The molecule has 0 aliphatic carbocycles. The van der Waals surface area contributed by atoms with E-state index in [1.165, 1.54) is 6.07 Å². The zero-order valence-electron chi connectivity index (χ0n) is 9.05. The van der Waals surface area contributed by atoms with E-state index in [0.29, 0.717) is 6.29 Å². The second-order valence-electron chi connectivity index (χ2n) is 3.58. The van der Waals surface area contributed by atoms with Crippen molar-refractivity contribution in [3.63, 3.8) is 0 Å². The molecule has 1 aromatic carbocycles. The molecule has 7 heteroatoms. The molecule has 1 unspecified atom stereocenters. The van der Waals surface area contributed by atoms with E-state index in [0.717, 1.165) is 0 Å². The summed E-state index contributed by atoms with van der Waals surface area (Å²) in [7, 11) is 0. The van der Waals surface area contributed by atoms with Gasteiger partial charge in [0.2, 0.25) is 0 Å². The van der Waals surface area contributed by atoms with Crippen LogP contribution in [0, 0.1) is 0 Å². The van der Waals surface area contributed by atoms with Gasteiger partial charge < -0.3 is 19.7 Å². The molecule has 1 heterocycles. The van der Waals surface area contributed by atoms with Gasteiger partial charge in [-0.3, -0.25) is 4.79 Å². The highest BCUT2D eigenvalue weighted by Gasteiger charge is 2.29. The number of aliphatic hydroxyl groups is 1. The smallest absolute Gasteiger partial charge is 0.337 e. The van der Waals surface area contributed by atoms with Gasteiger partial charge in [0, 0.05) is 5.56 Å². The van der Waals surface area contributed by atoms with E-state index in [1.807, 2.05) is 0 Å². The first-order valence-electron chi connectivity index (χ1n) is 5.04. The SMILES string of the molecule is O=Cc1c(Cl)cc(C(O)C(=O)O)c2c1OCCO2. The van der Waals surface area contributed by atoms with Gasteiger partial charge in [-0.05, 0) is 6.07 Å². The molecule has 2 rings (SSSR count). The van der Waals surface area contributed by atoms with Crippen molar-refractivity contribution < 1.29 is 29.3 Å². The molecule has 0 spiro atoms. The number of aliphatic carboxylic acids is 1. The number of carboxylic acids is 1. The third-order valence-electron chi connectivity index (χ3n) is 2.48. The van der Waals surface area contributed by atoms with Gasteiger partial charge in [0.25, 0.3) is 0 Å². The van der Waals surface area contributed by atoms with Crippen LogP contribution in [0.25, 0.3) is 0 Å². The Bertz CT molecular complexity index is 513. The predicted octanol–water partition coefficient (Wildman–Crippen LogP) is 1.04. The topological polar surface area (TPSA) is 93.1 Å². The minimum Gasteiger partial charge on any atom is -0.486 e. The van der Waals surface area contributed by atoms with Crippen LogP contribution in [0.1, 0.15) is 22.0 Å². The summed E-state index contributed by atoms with van der Waals surface area (Å²) >= 11 is 5.84. The van der Waals surface area contributed by atoms with Crippen molar-refractivity contribution in [3.05, 3.63) is 22.2 Å². The van der Waals surface area contributed by atoms with E-state index in [2.05, 4.69) is 0 Å². The monoisotopic (exact) mass is 272 g/mol. The van der Waals surface area contributed by atoms with Crippen LogP contribution in [-0.2, 0) is 4.79 Å². The van der Waals surface area contributed by atoms with Crippen LogP contribution in [0.3, 0.4) is 0 Å². The van der Waals surface area contributed by atoms with Gasteiger partial charge in [0.15, 0.2) is 23.9 Å². The molecule has 1 aliphatic rings. The summed E-state index contributed by atoms with van der Waals surface area (Å²) in [5.74, 6) is -1.33. The molecule has 18 heavy (non-hydrogen) atoms. The number of benzene rings is 1. The number of carbonyl (C=O) groups is 2. The van der Waals surface area contributed by atoms with Crippen molar-refractivity contribution in [2.75, 3.05) is 13.2 Å². The Morgan fingerprint density at radius 1 is 1.39 bits per heavy atom. The Morgan fingerprint density at radius 3 is 2.56 bits per heavy atom. The standard InChI is InChI=1S/C11H9ClO6/c12-7-3-5(8(14)11(15)16)9-10(6(7)4-13)18-2-1-17-9/h3-4,8,14H,1-2H2,(H,15,16). The number of hydrogen-bond donors (Lipinski definition) is 2. The van der Waals surface area contributed by atoms with Crippen LogP contribution in [0.15, 0.2) is 6.07 Å². The molecule has 0 bridgehead atoms. The Balaban J connectivity index is 2.64. The highest BCUT2D eigenvalue weighted by atomic mass is 35.5. The largest absolute Gasteiger partial charge is 0.486 e. The van der Waals surface area contributed by atoms with Crippen molar-refractivity contribution >= 4 is 23.9 Å². The van der Waals surface area contributed by atoms with Crippen LogP contribution < -0.4 is 9.47 Å². The van der Waals surface area contributed by atoms with Crippen LogP contribution in [0.2, 0.25) is 5.02 Å². The summed E-state index contributed by atoms with van der Waals surface area (Å²) in [6.07, 6.45) is -1.30. The van der Waals surface area contributed by atoms with Gasteiger partial charge in [-0.1, -0.05) is 11.6 Å². The first-order chi connectivity index (χ1) is 8.56. The lowest BCUT2D eigenvalue weighted by atomic mass is 10.0. The fraction of sp³-hybridized carbons (Fsp3) is 0.273. The summed E-state index contributed by atoms with van der Waals surface area (Å²) in [6, 6.07) is 1.19. The molecule has 6 nitrogen and oxygen atoms in total. The van der Waals surface area contributed by atoms with Crippen molar-refractivity contribution in [1.82, 2.24) is 0 Å². The number of aliphatic hydroxyl groups excluding tert-OH is 1. The Kier molecular flexibility index (Phi) is 3.40. The van der Waals surface area contributed by atoms with Crippen molar-refractivity contribution in [2.24, 2.45) is 0 Å². The number of rotatable bonds is 3. The zero-order chi connectivity index (χ0) is 13.3. The van der Waals surface area contributed by atoms with Gasteiger partial charge in [-0.25, -0.2) is 4.79 Å². The lowest BCUT2D eigenvalue weighted by molar-refractivity contribution is -0.147. The van der Waals surface area contributed by atoms with Crippen molar-refractivity contribution in [2.45, 2.75) is 6.10 Å². The second kappa shape index (κ2) is 4.83. The maximum Gasteiger partial charge on any atom is 0.337 e. The van der Waals surface area contributed by atoms with Crippen LogP contribution in [-0.4, -0.2) is 35.7 Å². The minimum absolute atomic E-state index is 0.00421. The highest BCUT2D eigenvalue weighted by Crippen LogP contribution is 2.42. The van der Waals surface area contributed by atoms with Gasteiger partial charge in [-0.15, -0.1) is 0 Å². The minimum atomic E-state index is -1.79. The molecule has 0 aromatic heterocycles. The second-order valence-corrected chi connectivity index (χ2v) is 3.98. The van der Waals surface area contributed by atoms with Crippen molar-refractivity contribution in [1.29, 1.82) is 0 Å². The molecule has 1 atom stereocenters. The van der Waals surface area contributed by atoms with Crippen LogP contribution in [0.4, 0.5) is 0 Å². The average molecular weight is 273 g/mol. The van der Waals surface area contributed by atoms with E-state index in [-0.39, 0.29) is 40.9 Å². The summed E-state index contributed by atoms with van der Waals surface area (Å²) in [6.45, 7) is 0.420. The summed E-state index contributed by atoms with van der Waals surface area (Å²) in [5, 5.41) is 18.4. The molecule has 1 aliphatic heterocycles. The summed E-state index contributed by atoms with van der Waals surface area (Å²) in [4.78, 5) is 21.7. The molecule has 0 saturated heterocycles. The lowest BCUT2D eigenvalue weighted by Gasteiger charge is -2.23. The van der Waals surface area contributed by atoms with Crippen LogP contribution in [0.5, 0.6) is 11.5 Å². The van der Waals surface area contributed by atoms with E-state index in [4.69, 9.17) is 26.2 Å². The number of hydrogen-bond acceptors (Lipinski definition) is 5. The fourth-order valence-corrected chi connectivity index (χ4v) is 1.92. The van der Waals surface area contributed by atoms with Crippen molar-refractivity contribution in [3.8, 4) is 11.5 Å². The molecular formula is C11H9ClO6. The van der Waals surface area contributed by atoms with Gasteiger partial charge in [0.1, 0.15) is 13.2 Å². The lowest BCUT2D eigenvalue weighted by Crippen LogP contribution is -2.20. The summed E-state index contributed by atoms with van der Waals surface area (Å²) in [5.41, 5.74) is 0.0421. The number of carbonyl (C=O) groups excluding carboxylic acids is 1. The van der Waals surface area contributed by atoms with E-state index in [9.17, 15) is 14.7 Å². The Morgan fingerprint density at radius 2 is 2.00 bits per heavy atom. The normalized spacial score (nSPS) is 15.0. The molecule has 0 radical (unpaired) electrons.